The maximum atomic E-state index is 4.24. The average Bonchev–Trinajstić information content (AvgIpc) is 2.85. The lowest BCUT2D eigenvalue weighted by molar-refractivity contribution is 0.659. The molecule has 1 aromatic carbocycles. The van der Waals surface area contributed by atoms with Crippen LogP contribution in [0.25, 0.3) is 0 Å². The summed E-state index contributed by atoms with van der Waals surface area (Å²) in [6.07, 6.45) is 5.04. The Kier molecular flexibility index (Phi) is 5.48. The molecule has 1 aromatic heterocycles. The van der Waals surface area contributed by atoms with Crippen molar-refractivity contribution in [3.63, 3.8) is 0 Å². The normalized spacial score (nSPS) is 10.8. The molecule has 0 amide bonds. The van der Waals surface area contributed by atoms with Crippen LogP contribution >= 0.6 is 11.8 Å². The molecule has 0 fully saturated rings. The minimum atomic E-state index is 0.919. The van der Waals surface area contributed by atoms with Gasteiger partial charge in [-0.1, -0.05) is 19.1 Å². The summed E-state index contributed by atoms with van der Waals surface area (Å²) in [7, 11) is 1.98. The van der Waals surface area contributed by atoms with Gasteiger partial charge >= 0.3 is 0 Å². The fourth-order valence-corrected chi connectivity index (χ4v) is 2.98. The van der Waals surface area contributed by atoms with Crippen molar-refractivity contribution in [2.45, 2.75) is 37.1 Å². The molecular weight excluding hydrogens is 254 g/mol. The Labute approximate surface area is 119 Å². The van der Waals surface area contributed by atoms with Gasteiger partial charge in [0.15, 0.2) is 0 Å². The van der Waals surface area contributed by atoms with E-state index in [1.54, 1.807) is 0 Å². The highest BCUT2D eigenvalue weighted by molar-refractivity contribution is 7.98. The lowest BCUT2D eigenvalue weighted by atomic mass is 10.2. The molecule has 0 aliphatic heterocycles. The van der Waals surface area contributed by atoms with Crippen LogP contribution in [-0.2, 0) is 18.8 Å². The van der Waals surface area contributed by atoms with Gasteiger partial charge in [-0.05, 0) is 31.2 Å². The highest BCUT2D eigenvalue weighted by atomic mass is 32.2. The van der Waals surface area contributed by atoms with Crippen molar-refractivity contribution in [1.29, 1.82) is 0 Å². The number of aromatic nitrogens is 2. The Morgan fingerprint density at radius 3 is 3.05 bits per heavy atom. The molecule has 19 heavy (non-hydrogen) atoms. The first-order valence-corrected chi connectivity index (χ1v) is 7.67. The number of nitrogens with one attached hydrogen (secondary N) is 1. The van der Waals surface area contributed by atoms with E-state index in [1.807, 2.05) is 31.3 Å². The number of rotatable bonds is 7. The Hall–Kier alpha value is -1.26. The molecule has 102 valence electrons. The van der Waals surface area contributed by atoms with Crippen LogP contribution in [0.15, 0.2) is 41.7 Å². The van der Waals surface area contributed by atoms with E-state index in [0.717, 1.165) is 25.3 Å². The zero-order valence-electron chi connectivity index (χ0n) is 11.6. The van der Waals surface area contributed by atoms with Crippen LogP contribution in [0.2, 0.25) is 0 Å². The van der Waals surface area contributed by atoms with Crippen LogP contribution in [0.5, 0.6) is 0 Å². The van der Waals surface area contributed by atoms with Crippen LogP contribution in [0, 0.1) is 0 Å². The highest BCUT2D eigenvalue weighted by Gasteiger charge is 2.03. The summed E-state index contributed by atoms with van der Waals surface area (Å²) in [6.45, 7) is 4.16. The predicted molar refractivity (Wildman–Crippen MR) is 81.3 cm³/mol. The van der Waals surface area contributed by atoms with Gasteiger partial charge < -0.3 is 9.88 Å². The van der Waals surface area contributed by atoms with Crippen LogP contribution in [-0.4, -0.2) is 16.6 Å². The number of imidazole rings is 1. The minimum absolute atomic E-state index is 0.919. The molecule has 2 aromatic rings. The maximum Gasteiger partial charge on any atom is 0.0948 e. The SMILES string of the molecule is CCCn1cncc1CSc1cccc(CNC)c1. The van der Waals surface area contributed by atoms with Gasteiger partial charge in [0.2, 0.25) is 0 Å². The summed E-state index contributed by atoms with van der Waals surface area (Å²) in [6, 6.07) is 8.70. The van der Waals surface area contributed by atoms with Gasteiger partial charge in [-0.15, -0.1) is 11.8 Å². The standard InChI is InChI=1S/C15H21N3S/c1-3-7-18-12-17-10-14(18)11-19-15-6-4-5-13(8-15)9-16-2/h4-6,8,10,12,16H,3,7,9,11H2,1-2H3. The largest absolute Gasteiger partial charge is 0.334 e. The number of hydrogen-bond acceptors (Lipinski definition) is 3. The Balaban J connectivity index is 1.97. The lowest BCUT2D eigenvalue weighted by Gasteiger charge is -2.07. The van der Waals surface area contributed by atoms with E-state index >= 15 is 0 Å². The third kappa shape index (κ3) is 4.11. The van der Waals surface area contributed by atoms with E-state index in [2.05, 4.69) is 46.1 Å². The third-order valence-corrected chi connectivity index (χ3v) is 3.96. The van der Waals surface area contributed by atoms with Gasteiger partial charge in [-0.25, -0.2) is 4.98 Å². The Bertz CT molecular complexity index is 508. The van der Waals surface area contributed by atoms with E-state index in [0.29, 0.717) is 0 Å². The average molecular weight is 275 g/mol. The number of benzene rings is 1. The molecule has 4 heteroatoms. The van der Waals surface area contributed by atoms with E-state index in [4.69, 9.17) is 0 Å². The van der Waals surface area contributed by atoms with Gasteiger partial charge in [0, 0.05) is 35.6 Å². The first kappa shape index (κ1) is 14.2. The van der Waals surface area contributed by atoms with Crippen molar-refractivity contribution >= 4 is 11.8 Å². The fourth-order valence-electron chi connectivity index (χ4n) is 2.02. The molecule has 0 saturated heterocycles. The van der Waals surface area contributed by atoms with Gasteiger partial charge in [0.25, 0.3) is 0 Å². The molecule has 0 aliphatic carbocycles. The zero-order valence-corrected chi connectivity index (χ0v) is 12.4. The first-order valence-electron chi connectivity index (χ1n) is 6.69. The summed E-state index contributed by atoms with van der Waals surface area (Å²) in [5.74, 6) is 0.975. The molecule has 0 spiro atoms. The quantitative estimate of drug-likeness (QED) is 0.786. The topological polar surface area (TPSA) is 29.9 Å². The monoisotopic (exact) mass is 275 g/mol. The van der Waals surface area contributed by atoms with E-state index in [9.17, 15) is 0 Å². The molecule has 3 nitrogen and oxygen atoms in total. The van der Waals surface area contributed by atoms with Crippen molar-refractivity contribution in [3.8, 4) is 0 Å². The summed E-state index contributed by atoms with van der Waals surface area (Å²) < 4.78 is 2.24. The van der Waals surface area contributed by atoms with Gasteiger partial charge in [-0.3, -0.25) is 0 Å². The van der Waals surface area contributed by atoms with Crippen molar-refractivity contribution in [1.82, 2.24) is 14.9 Å². The predicted octanol–water partition coefficient (Wildman–Crippen LogP) is 3.30. The molecule has 1 heterocycles. The van der Waals surface area contributed by atoms with Crippen LogP contribution in [0.1, 0.15) is 24.6 Å². The maximum absolute atomic E-state index is 4.24. The van der Waals surface area contributed by atoms with E-state index < -0.39 is 0 Å². The zero-order chi connectivity index (χ0) is 13.5. The van der Waals surface area contributed by atoms with E-state index in [-0.39, 0.29) is 0 Å². The molecule has 0 radical (unpaired) electrons. The van der Waals surface area contributed by atoms with Crippen molar-refractivity contribution in [2.24, 2.45) is 0 Å². The van der Waals surface area contributed by atoms with Gasteiger partial charge in [0.05, 0.1) is 6.33 Å². The number of thioether (sulfide) groups is 1. The fraction of sp³-hybridized carbons (Fsp3) is 0.400. The minimum Gasteiger partial charge on any atom is -0.334 e. The second-order valence-corrected chi connectivity index (χ2v) is 5.59. The summed E-state index contributed by atoms with van der Waals surface area (Å²) in [5, 5.41) is 3.18. The van der Waals surface area contributed by atoms with Crippen molar-refractivity contribution in [3.05, 3.63) is 48.0 Å². The molecule has 0 saturated carbocycles. The number of aryl methyl sites for hydroxylation is 1. The van der Waals surface area contributed by atoms with Crippen LogP contribution in [0.4, 0.5) is 0 Å². The summed E-state index contributed by atoms with van der Waals surface area (Å²) >= 11 is 1.87. The second kappa shape index (κ2) is 7.36. The molecule has 1 N–H and O–H groups in total. The second-order valence-electron chi connectivity index (χ2n) is 4.54. The lowest BCUT2D eigenvalue weighted by Crippen LogP contribution is -2.04. The van der Waals surface area contributed by atoms with Gasteiger partial charge in [0.1, 0.15) is 0 Å². The molecule has 2 rings (SSSR count). The number of hydrogen-bond donors (Lipinski definition) is 1. The Morgan fingerprint density at radius 2 is 2.26 bits per heavy atom. The van der Waals surface area contributed by atoms with Crippen LogP contribution < -0.4 is 5.32 Å². The first-order chi connectivity index (χ1) is 9.33. The molecule has 0 unspecified atom stereocenters. The Morgan fingerprint density at radius 1 is 1.37 bits per heavy atom. The smallest absolute Gasteiger partial charge is 0.0948 e. The molecule has 0 aliphatic rings. The van der Waals surface area contributed by atoms with Crippen molar-refractivity contribution < 1.29 is 0 Å². The van der Waals surface area contributed by atoms with Crippen molar-refractivity contribution in [2.75, 3.05) is 7.05 Å². The van der Waals surface area contributed by atoms with Gasteiger partial charge in [-0.2, -0.15) is 0 Å². The van der Waals surface area contributed by atoms with Crippen LogP contribution in [0.3, 0.4) is 0 Å². The number of nitrogens with zero attached hydrogens (tertiary/aromatic N) is 2. The molecule has 0 atom stereocenters. The van der Waals surface area contributed by atoms with E-state index in [1.165, 1.54) is 16.2 Å². The molecule has 0 bridgehead atoms. The summed E-state index contributed by atoms with van der Waals surface area (Å²) in [5.41, 5.74) is 2.63. The highest BCUT2D eigenvalue weighted by Crippen LogP contribution is 2.23. The molecular formula is C15H21N3S. The third-order valence-electron chi connectivity index (χ3n) is 2.93. The summed E-state index contributed by atoms with van der Waals surface area (Å²) in [4.78, 5) is 5.56.